The molecule has 2 aromatic rings. The molecule has 1 amide bonds. The van der Waals surface area contributed by atoms with Crippen molar-refractivity contribution in [2.24, 2.45) is 0 Å². The second kappa shape index (κ2) is 4.45. The van der Waals surface area contributed by atoms with Gasteiger partial charge in [-0.2, -0.15) is 0 Å². The van der Waals surface area contributed by atoms with E-state index in [-0.39, 0.29) is 11.9 Å². The molecule has 0 radical (unpaired) electrons. The molecule has 1 aliphatic heterocycles. The van der Waals surface area contributed by atoms with Gasteiger partial charge >= 0.3 is 0 Å². The summed E-state index contributed by atoms with van der Waals surface area (Å²) in [4.78, 5) is 16.1. The van der Waals surface area contributed by atoms with E-state index in [1.165, 1.54) is 11.3 Å². The predicted molar refractivity (Wildman–Crippen MR) is 73.7 cm³/mol. The van der Waals surface area contributed by atoms with E-state index in [0.29, 0.717) is 0 Å². The summed E-state index contributed by atoms with van der Waals surface area (Å²) in [5.74, 6) is 0.0556. The van der Waals surface area contributed by atoms with Gasteiger partial charge in [0.15, 0.2) is 5.13 Å². The van der Waals surface area contributed by atoms with Crippen LogP contribution in [0.2, 0.25) is 0 Å². The van der Waals surface area contributed by atoms with Gasteiger partial charge in [-0.25, -0.2) is 4.98 Å². The fraction of sp³-hybridized carbons (Fsp3) is 0.333. The Kier molecular flexibility index (Phi) is 2.79. The van der Waals surface area contributed by atoms with Crippen molar-refractivity contribution in [3.63, 3.8) is 0 Å². The minimum atomic E-state index is -0.170. The molecule has 3 rings (SSSR count). The number of fused-ring (bicyclic) bond motifs is 1. The van der Waals surface area contributed by atoms with Gasteiger partial charge in [0, 0.05) is 12.2 Å². The number of thiazole rings is 1. The van der Waals surface area contributed by atoms with Crippen molar-refractivity contribution in [3.8, 4) is 0 Å². The first kappa shape index (κ1) is 11.3. The SMILES string of the molecule is Nc1ccc2nc(NC3CCCNC3=O)sc2c1. The molecule has 0 spiro atoms. The maximum absolute atomic E-state index is 11.7. The zero-order valence-corrected chi connectivity index (χ0v) is 10.6. The summed E-state index contributed by atoms with van der Waals surface area (Å²) < 4.78 is 1.04. The molecular weight excluding hydrogens is 248 g/mol. The summed E-state index contributed by atoms with van der Waals surface area (Å²) >= 11 is 1.52. The molecule has 94 valence electrons. The predicted octanol–water partition coefficient (Wildman–Crippen LogP) is 1.57. The zero-order chi connectivity index (χ0) is 12.5. The molecule has 4 N–H and O–H groups in total. The van der Waals surface area contributed by atoms with Crippen molar-refractivity contribution >= 4 is 38.3 Å². The summed E-state index contributed by atoms with van der Waals surface area (Å²) in [5.41, 5.74) is 7.37. The van der Waals surface area contributed by atoms with Crippen LogP contribution in [0.1, 0.15) is 12.8 Å². The summed E-state index contributed by atoms with van der Waals surface area (Å²) in [6, 6.07) is 5.46. The van der Waals surface area contributed by atoms with Crippen LogP contribution >= 0.6 is 11.3 Å². The number of anilines is 2. The third-order valence-electron chi connectivity index (χ3n) is 3.00. The number of nitrogens with two attached hydrogens (primary N) is 1. The van der Waals surface area contributed by atoms with Crippen LogP contribution in [0.25, 0.3) is 10.2 Å². The lowest BCUT2D eigenvalue weighted by molar-refractivity contribution is -0.123. The average Bonchev–Trinajstić information content (AvgIpc) is 2.73. The number of rotatable bonds is 2. The van der Waals surface area contributed by atoms with E-state index < -0.39 is 0 Å². The van der Waals surface area contributed by atoms with Crippen molar-refractivity contribution in [2.45, 2.75) is 18.9 Å². The largest absolute Gasteiger partial charge is 0.399 e. The van der Waals surface area contributed by atoms with E-state index in [2.05, 4.69) is 15.6 Å². The molecule has 0 saturated carbocycles. The molecule has 18 heavy (non-hydrogen) atoms. The van der Waals surface area contributed by atoms with Crippen LogP contribution in [0.3, 0.4) is 0 Å². The molecule has 1 unspecified atom stereocenters. The highest BCUT2D eigenvalue weighted by Gasteiger charge is 2.22. The average molecular weight is 262 g/mol. The Hall–Kier alpha value is -1.82. The Morgan fingerprint density at radius 1 is 1.50 bits per heavy atom. The summed E-state index contributed by atoms with van der Waals surface area (Å²) in [6.45, 7) is 0.771. The van der Waals surface area contributed by atoms with Crippen molar-refractivity contribution in [2.75, 3.05) is 17.6 Å². The van der Waals surface area contributed by atoms with Crippen molar-refractivity contribution in [1.29, 1.82) is 0 Å². The van der Waals surface area contributed by atoms with E-state index in [9.17, 15) is 4.79 Å². The van der Waals surface area contributed by atoms with E-state index in [0.717, 1.165) is 40.4 Å². The second-order valence-electron chi connectivity index (χ2n) is 4.38. The van der Waals surface area contributed by atoms with Gasteiger partial charge in [-0.1, -0.05) is 11.3 Å². The van der Waals surface area contributed by atoms with Crippen molar-refractivity contribution in [3.05, 3.63) is 18.2 Å². The molecule has 1 aromatic heterocycles. The molecule has 1 aromatic carbocycles. The van der Waals surface area contributed by atoms with Crippen molar-refractivity contribution in [1.82, 2.24) is 10.3 Å². The molecule has 0 aliphatic carbocycles. The highest BCUT2D eigenvalue weighted by molar-refractivity contribution is 7.22. The Bertz CT molecular complexity index is 595. The minimum Gasteiger partial charge on any atom is -0.399 e. The topological polar surface area (TPSA) is 80.0 Å². The van der Waals surface area contributed by atoms with E-state index in [1.807, 2.05) is 18.2 Å². The van der Waals surface area contributed by atoms with Gasteiger partial charge in [-0.05, 0) is 31.0 Å². The fourth-order valence-electron chi connectivity index (χ4n) is 2.06. The van der Waals surface area contributed by atoms with Crippen LogP contribution in [0.15, 0.2) is 18.2 Å². The van der Waals surface area contributed by atoms with Gasteiger partial charge in [0.05, 0.1) is 10.2 Å². The normalized spacial score (nSPS) is 19.8. The maximum Gasteiger partial charge on any atom is 0.242 e. The van der Waals surface area contributed by atoms with Gasteiger partial charge in [-0.3, -0.25) is 4.79 Å². The monoisotopic (exact) mass is 262 g/mol. The van der Waals surface area contributed by atoms with E-state index in [1.54, 1.807) is 0 Å². The van der Waals surface area contributed by atoms with Gasteiger partial charge < -0.3 is 16.4 Å². The third-order valence-corrected chi connectivity index (χ3v) is 3.94. The Morgan fingerprint density at radius 3 is 3.22 bits per heavy atom. The van der Waals surface area contributed by atoms with Crippen LogP contribution in [0.4, 0.5) is 10.8 Å². The third kappa shape index (κ3) is 2.11. The van der Waals surface area contributed by atoms with Crippen LogP contribution in [0.5, 0.6) is 0 Å². The highest BCUT2D eigenvalue weighted by Crippen LogP contribution is 2.28. The smallest absolute Gasteiger partial charge is 0.242 e. The number of carbonyl (C=O) groups excluding carboxylic acids is 1. The number of nitrogens with zero attached hydrogens (tertiary/aromatic N) is 1. The number of nitrogen functional groups attached to an aromatic ring is 1. The summed E-state index contributed by atoms with van der Waals surface area (Å²) in [6.07, 6.45) is 1.85. The Labute approximate surface area is 108 Å². The first-order valence-corrected chi connectivity index (χ1v) is 6.74. The second-order valence-corrected chi connectivity index (χ2v) is 5.41. The van der Waals surface area contributed by atoms with Gasteiger partial charge in [0.1, 0.15) is 6.04 Å². The number of hydrogen-bond acceptors (Lipinski definition) is 5. The molecule has 0 bridgehead atoms. The lowest BCUT2D eigenvalue weighted by atomic mass is 10.1. The number of hydrogen-bond donors (Lipinski definition) is 3. The fourth-order valence-corrected chi connectivity index (χ4v) is 3.03. The van der Waals surface area contributed by atoms with Crippen LogP contribution in [-0.2, 0) is 4.79 Å². The molecular formula is C12H14N4OS. The lowest BCUT2D eigenvalue weighted by Crippen LogP contribution is -2.44. The molecule has 1 fully saturated rings. The Balaban J connectivity index is 1.84. The molecule has 5 nitrogen and oxygen atoms in total. The lowest BCUT2D eigenvalue weighted by Gasteiger charge is -2.22. The van der Waals surface area contributed by atoms with Crippen LogP contribution in [-0.4, -0.2) is 23.5 Å². The van der Waals surface area contributed by atoms with Crippen LogP contribution < -0.4 is 16.4 Å². The minimum absolute atomic E-state index is 0.0556. The van der Waals surface area contributed by atoms with Gasteiger partial charge in [0.2, 0.25) is 5.91 Å². The molecule has 2 heterocycles. The standard InChI is InChI=1S/C12H14N4OS/c13-7-3-4-8-10(6-7)18-12(15-8)16-9-2-1-5-14-11(9)17/h3-4,6,9H,1-2,5,13H2,(H,14,17)(H,15,16). The summed E-state index contributed by atoms with van der Waals surface area (Å²) in [7, 11) is 0. The zero-order valence-electron chi connectivity index (χ0n) is 9.77. The first-order valence-electron chi connectivity index (χ1n) is 5.93. The molecule has 1 aliphatic rings. The Morgan fingerprint density at radius 2 is 2.39 bits per heavy atom. The quantitative estimate of drug-likeness (QED) is 0.718. The summed E-state index contributed by atoms with van der Waals surface area (Å²) in [5, 5.41) is 6.82. The number of amides is 1. The number of benzene rings is 1. The number of aromatic nitrogens is 1. The van der Waals surface area contributed by atoms with Gasteiger partial charge in [0.25, 0.3) is 0 Å². The van der Waals surface area contributed by atoms with E-state index >= 15 is 0 Å². The first-order chi connectivity index (χ1) is 8.72. The highest BCUT2D eigenvalue weighted by atomic mass is 32.1. The number of nitrogens with one attached hydrogen (secondary N) is 2. The number of piperidine rings is 1. The van der Waals surface area contributed by atoms with Crippen molar-refractivity contribution < 1.29 is 4.79 Å². The van der Waals surface area contributed by atoms with Crippen LogP contribution in [0, 0.1) is 0 Å². The molecule has 6 heteroatoms. The van der Waals surface area contributed by atoms with E-state index in [4.69, 9.17) is 5.73 Å². The van der Waals surface area contributed by atoms with Gasteiger partial charge in [-0.15, -0.1) is 0 Å². The molecule has 1 saturated heterocycles. The number of carbonyl (C=O) groups is 1. The maximum atomic E-state index is 11.7. The molecule has 1 atom stereocenters.